The summed E-state index contributed by atoms with van der Waals surface area (Å²) in [6.07, 6.45) is 3.77. The lowest BCUT2D eigenvalue weighted by atomic mass is 10.3. The van der Waals surface area contributed by atoms with Gasteiger partial charge in [-0.2, -0.15) is 0 Å². The molecule has 0 saturated heterocycles. The summed E-state index contributed by atoms with van der Waals surface area (Å²) in [4.78, 5) is 9.92. The SMILES string of the molecule is CCc1cnc(CCNC(=NC)NCC(C)Oc2ccc(F)cc2)s1.I. The highest BCUT2D eigenvalue weighted by atomic mass is 127. The van der Waals surface area contributed by atoms with Crippen molar-refractivity contribution >= 4 is 41.3 Å². The Hall–Kier alpha value is -1.42. The molecule has 5 nitrogen and oxygen atoms in total. The molecule has 1 aromatic heterocycles. The number of guanidine groups is 1. The molecular formula is C18H26FIN4OS. The molecule has 2 aromatic rings. The maximum atomic E-state index is 12.9. The molecule has 2 N–H and O–H groups in total. The summed E-state index contributed by atoms with van der Waals surface area (Å²) in [7, 11) is 1.74. The molecule has 8 heteroatoms. The maximum Gasteiger partial charge on any atom is 0.191 e. The van der Waals surface area contributed by atoms with Crippen molar-refractivity contribution in [2.45, 2.75) is 32.8 Å². The Kier molecular flexibility index (Phi) is 10.5. The Bertz CT molecular complexity index is 678. The number of aryl methyl sites for hydroxylation is 1. The molecule has 0 bridgehead atoms. The fourth-order valence-electron chi connectivity index (χ4n) is 2.16. The first-order valence-electron chi connectivity index (χ1n) is 8.41. The highest BCUT2D eigenvalue weighted by Crippen LogP contribution is 2.13. The lowest BCUT2D eigenvalue weighted by Gasteiger charge is -2.17. The van der Waals surface area contributed by atoms with E-state index < -0.39 is 0 Å². The Morgan fingerprint density at radius 3 is 2.65 bits per heavy atom. The lowest BCUT2D eigenvalue weighted by molar-refractivity contribution is 0.223. The number of ether oxygens (including phenoxy) is 1. The van der Waals surface area contributed by atoms with Crippen LogP contribution in [0.25, 0.3) is 0 Å². The standard InChI is InChI=1S/C18H25FN4OS.HI/c1-4-16-12-22-17(25-16)9-10-21-18(20-3)23-11-13(2)24-15-7-5-14(19)6-8-15;/h5-8,12-13H,4,9-11H2,1-3H3,(H2,20,21,23);1H. The largest absolute Gasteiger partial charge is 0.489 e. The zero-order valence-corrected chi connectivity index (χ0v) is 18.4. The molecule has 0 aliphatic rings. The van der Waals surface area contributed by atoms with Crippen molar-refractivity contribution in [2.24, 2.45) is 4.99 Å². The number of halogens is 2. The number of hydrogen-bond acceptors (Lipinski definition) is 4. The van der Waals surface area contributed by atoms with Gasteiger partial charge in [0, 0.05) is 31.1 Å². The van der Waals surface area contributed by atoms with E-state index in [1.165, 1.54) is 17.0 Å². The summed E-state index contributed by atoms with van der Waals surface area (Å²) in [5, 5.41) is 7.63. The summed E-state index contributed by atoms with van der Waals surface area (Å²) in [6, 6.07) is 6.02. The first-order chi connectivity index (χ1) is 12.1. The van der Waals surface area contributed by atoms with Crippen LogP contribution in [0.15, 0.2) is 35.5 Å². The summed E-state index contributed by atoms with van der Waals surface area (Å²) in [6.45, 7) is 5.44. The van der Waals surface area contributed by atoms with Crippen LogP contribution in [0.5, 0.6) is 5.75 Å². The second kappa shape index (κ2) is 12.1. The van der Waals surface area contributed by atoms with E-state index in [1.807, 2.05) is 13.1 Å². The van der Waals surface area contributed by atoms with Crippen LogP contribution >= 0.6 is 35.3 Å². The number of hydrogen-bond donors (Lipinski definition) is 2. The van der Waals surface area contributed by atoms with Crippen molar-refractivity contribution in [1.82, 2.24) is 15.6 Å². The highest BCUT2D eigenvalue weighted by molar-refractivity contribution is 14.0. The van der Waals surface area contributed by atoms with Crippen molar-refractivity contribution in [1.29, 1.82) is 0 Å². The molecule has 2 rings (SSSR count). The van der Waals surface area contributed by atoms with Crippen LogP contribution in [0.1, 0.15) is 23.7 Å². The minimum absolute atomic E-state index is 0. The Labute approximate surface area is 175 Å². The van der Waals surface area contributed by atoms with Crippen LogP contribution in [0.3, 0.4) is 0 Å². The van der Waals surface area contributed by atoms with Crippen LogP contribution in [0.2, 0.25) is 0 Å². The van der Waals surface area contributed by atoms with E-state index in [0.29, 0.717) is 12.3 Å². The molecule has 1 heterocycles. The van der Waals surface area contributed by atoms with E-state index in [-0.39, 0.29) is 35.9 Å². The van der Waals surface area contributed by atoms with E-state index in [2.05, 4.69) is 27.5 Å². The van der Waals surface area contributed by atoms with Gasteiger partial charge in [-0.25, -0.2) is 9.37 Å². The third kappa shape index (κ3) is 7.86. The van der Waals surface area contributed by atoms with Crippen LogP contribution in [0.4, 0.5) is 4.39 Å². The van der Waals surface area contributed by atoms with Gasteiger partial charge in [0.1, 0.15) is 17.7 Å². The van der Waals surface area contributed by atoms with Crippen molar-refractivity contribution < 1.29 is 9.13 Å². The number of thiazole rings is 1. The van der Waals surface area contributed by atoms with Crippen molar-refractivity contribution in [3.63, 3.8) is 0 Å². The van der Waals surface area contributed by atoms with Crippen molar-refractivity contribution in [3.8, 4) is 5.75 Å². The number of aliphatic imine (C=N–C) groups is 1. The zero-order chi connectivity index (χ0) is 18.1. The molecule has 1 unspecified atom stereocenters. The predicted octanol–water partition coefficient (Wildman–Crippen LogP) is 3.64. The third-order valence-corrected chi connectivity index (χ3v) is 4.71. The number of nitrogens with zero attached hydrogens (tertiary/aromatic N) is 2. The molecule has 0 saturated carbocycles. The fourth-order valence-corrected chi connectivity index (χ4v) is 3.02. The predicted molar refractivity (Wildman–Crippen MR) is 116 cm³/mol. The molecule has 26 heavy (non-hydrogen) atoms. The Balaban J connectivity index is 0.00000338. The van der Waals surface area contributed by atoms with Gasteiger partial charge in [-0.15, -0.1) is 35.3 Å². The van der Waals surface area contributed by atoms with Crippen molar-refractivity contribution in [2.75, 3.05) is 20.1 Å². The number of aromatic nitrogens is 1. The number of benzene rings is 1. The first-order valence-corrected chi connectivity index (χ1v) is 9.22. The molecule has 0 spiro atoms. The monoisotopic (exact) mass is 492 g/mol. The van der Waals surface area contributed by atoms with E-state index in [0.717, 1.165) is 30.4 Å². The smallest absolute Gasteiger partial charge is 0.191 e. The van der Waals surface area contributed by atoms with E-state index in [9.17, 15) is 4.39 Å². The highest BCUT2D eigenvalue weighted by Gasteiger charge is 2.06. The van der Waals surface area contributed by atoms with Gasteiger partial charge >= 0.3 is 0 Å². The van der Waals surface area contributed by atoms with Crippen LogP contribution in [0, 0.1) is 5.82 Å². The lowest BCUT2D eigenvalue weighted by Crippen LogP contribution is -2.42. The summed E-state index contributed by atoms with van der Waals surface area (Å²) in [5.74, 6) is 1.10. The second-order valence-electron chi connectivity index (χ2n) is 5.59. The van der Waals surface area contributed by atoms with Gasteiger partial charge in [0.25, 0.3) is 0 Å². The Morgan fingerprint density at radius 1 is 1.31 bits per heavy atom. The third-order valence-electron chi connectivity index (χ3n) is 3.51. The van der Waals surface area contributed by atoms with Gasteiger partial charge in [0.05, 0.1) is 11.6 Å². The van der Waals surface area contributed by atoms with E-state index in [4.69, 9.17) is 4.74 Å². The van der Waals surface area contributed by atoms with Crippen LogP contribution in [-0.4, -0.2) is 37.2 Å². The summed E-state index contributed by atoms with van der Waals surface area (Å²) < 4.78 is 18.6. The van der Waals surface area contributed by atoms with E-state index in [1.54, 1.807) is 30.5 Å². The van der Waals surface area contributed by atoms with E-state index >= 15 is 0 Å². The fraction of sp³-hybridized carbons (Fsp3) is 0.444. The minimum atomic E-state index is -0.269. The molecular weight excluding hydrogens is 466 g/mol. The van der Waals surface area contributed by atoms with Crippen LogP contribution < -0.4 is 15.4 Å². The van der Waals surface area contributed by atoms with Gasteiger partial charge in [-0.3, -0.25) is 4.99 Å². The minimum Gasteiger partial charge on any atom is -0.489 e. The quantitative estimate of drug-likeness (QED) is 0.336. The zero-order valence-electron chi connectivity index (χ0n) is 15.3. The van der Waals surface area contributed by atoms with Crippen molar-refractivity contribution in [3.05, 3.63) is 46.2 Å². The number of rotatable bonds is 8. The van der Waals surface area contributed by atoms with Gasteiger partial charge in [0.2, 0.25) is 0 Å². The normalized spacial score (nSPS) is 12.2. The molecule has 0 radical (unpaired) electrons. The molecule has 0 fully saturated rings. The Morgan fingerprint density at radius 2 is 2.04 bits per heavy atom. The average Bonchev–Trinajstić information content (AvgIpc) is 3.08. The van der Waals surface area contributed by atoms with Gasteiger partial charge in [-0.1, -0.05) is 6.92 Å². The average molecular weight is 492 g/mol. The van der Waals surface area contributed by atoms with Gasteiger partial charge < -0.3 is 15.4 Å². The van der Waals surface area contributed by atoms with Gasteiger partial charge in [-0.05, 0) is 37.6 Å². The van der Waals surface area contributed by atoms with Crippen LogP contribution in [-0.2, 0) is 12.8 Å². The molecule has 1 aromatic carbocycles. The number of nitrogens with one attached hydrogen (secondary N) is 2. The second-order valence-corrected chi connectivity index (χ2v) is 6.79. The molecule has 0 aliphatic carbocycles. The molecule has 0 aliphatic heterocycles. The van der Waals surface area contributed by atoms with Gasteiger partial charge in [0.15, 0.2) is 5.96 Å². The first kappa shape index (κ1) is 22.6. The summed E-state index contributed by atoms with van der Waals surface area (Å²) in [5.41, 5.74) is 0. The molecule has 1 atom stereocenters. The molecule has 0 amide bonds. The summed E-state index contributed by atoms with van der Waals surface area (Å²) >= 11 is 1.75. The maximum absolute atomic E-state index is 12.9. The molecule has 144 valence electrons. The topological polar surface area (TPSA) is 58.5 Å².